The zero-order valence-electron chi connectivity index (χ0n) is 24.8. The second-order valence-corrected chi connectivity index (χ2v) is 12.3. The maximum Gasteiger partial charge on any atom is 0.424 e. The summed E-state index contributed by atoms with van der Waals surface area (Å²) in [5, 5.41) is 26.7. The third-order valence-electron chi connectivity index (χ3n) is 7.69. The van der Waals surface area contributed by atoms with E-state index in [-0.39, 0.29) is 46.3 Å². The number of fused-ring (bicyclic) bond motifs is 2. The fraction of sp³-hybridized carbons (Fsp3) is 0.312. The topological polar surface area (TPSA) is 134 Å². The number of hydrogen-bond acceptors (Lipinski definition) is 7. The molecule has 0 radical (unpaired) electrons. The number of alkyl halides is 3. The summed E-state index contributed by atoms with van der Waals surface area (Å²) in [6.45, 7) is 2.51. The van der Waals surface area contributed by atoms with E-state index in [1.165, 1.54) is 51.2 Å². The van der Waals surface area contributed by atoms with Crippen molar-refractivity contribution in [1.29, 1.82) is 0 Å². The molecule has 2 aromatic heterocycles. The van der Waals surface area contributed by atoms with Crippen LogP contribution in [0.3, 0.4) is 0 Å². The highest BCUT2D eigenvalue weighted by molar-refractivity contribution is 6.35. The Morgan fingerprint density at radius 3 is 2.39 bits per heavy atom. The fourth-order valence-electron chi connectivity index (χ4n) is 5.00. The van der Waals surface area contributed by atoms with Gasteiger partial charge >= 0.3 is 6.18 Å². The van der Waals surface area contributed by atoms with Crippen LogP contribution in [0.1, 0.15) is 42.4 Å². The summed E-state index contributed by atoms with van der Waals surface area (Å²) in [5.41, 5.74) is -7.34. The lowest BCUT2D eigenvalue weighted by molar-refractivity contribution is -0.265. The summed E-state index contributed by atoms with van der Waals surface area (Å²) in [5.74, 6) is -2.28. The summed E-state index contributed by atoms with van der Waals surface area (Å²) < 4.78 is 64.0. The van der Waals surface area contributed by atoms with E-state index in [1.54, 1.807) is 12.1 Å². The normalized spacial score (nSPS) is 17.6. The Bertz CT molecular complexity index is 1830. The van der Waals surface area contributed by atoms with Crippen LogP contribution in [0, 0.1) is 5.82 Å². The molecule has 2 amide bonds. The first-order valence-corrected chi connectivity index (χ1v) is 14.4. The van der Waals surface area contributed by atoms with E-state index in [0.29, 0.717) is 10.9 Å². The molecule has 0 spiro atoms. The Kier molecular flexibility index (Phi) is 8.47. The minimum absolute atomic E-state index is 0.0344. The predicted octanol–water partition coefficient (Wildman–Crippen LogP) is 4.81. The number of carbonyl (C=O) groups excluding carboxylic acids is 2. The van der Waals surface area contributed by atoms with Crippen LogP contribution in [0.25, 0.3) is 22.2 Å². The van der Waals surface area contributed by atoms with Gasteiger partial charge in [-0.05, 0) is 69.3 Å². The van der Waals surface area contributed by atoms with Crippen LogP contribution in [0.4, 0.5) is 17.6 Å². The number of amides is 2. The van der Waals surface area contributed by atoms with Gasteiger partial charge < -0.3 is 25.6 Å². The van der Waals surface area contributed by atoms with Crippen molar-refractivity contribution in [3.05, 3.63) is 88.5 Å². The smallest absolute Gasteiger partial charge is 0.424 e. The van der Waals surface area contributed by atoms with Crippen molar-refractivity contribution in [2.24, 2.45) is 0 Å². The average molecular weight is 661 g/mol. The highest BCUT2D eigenvalue weighted by atomic mass is 35.5. The molecule has 0 bridgehead atoms. The van der Waals surface area contributed by atoms with Gasteiger partial charge in [0.2, 0.25) is 11.5 Å². The predicted molar refractivity (Wildman–Crippen MR) is 161 cm³/mol. The minimum atomic E-state index is -5.38. The molecule has 0 aliphatic carbocycles. The number of nitrogens with one attached hydrogen (secondary N) is 2. The lowest BCUT2D eigenvalue weighted by Crippen LogP contribution is -2.52. The summed E-state index contributed by atoms with van der Waals surface area (Å²) in [6.07, 6.45) is -3.89. The van der Waals surface area contributed by atoms with E-state index in [0.717, 1.165) is 18.2 Å². The summed E-state index contributed by atoms with van der Waals surface area (Å²) >= 11 is 6.24. The summed E-state index contributed by atoms with van der Waals surface area (Å²) in [7, 11) is 0. The Morgan fingerprint density at radius 1 is 1.04 bits per heavy atom. The number of ether oxygens (including phenoxy) is 1. The van der Waals surface area contributed by atoms with Crippen molar-refractivity contribution in [3.63, 3.8) is 0 Å². The highest BCUT2D eigenvalue weighted by Crippen LogP contribution is 2.48. The van der Waals surface area contributed by atoms with E-state index >= 15 is 0 Å². The molecule has 3 heterocycles. The first kappa shape index (κ1) is 33.0. The first-order chi connectivity index (χ1) is 21.4. The molecule has 0 saturated carbocycles. The van der Waals surface area contributed by atoms with Crippen molar-refractivity contribution in [1.82, 2.24) is 20.6 Å². The molecule has 14 heteroatoms. The summed E-state index contributed by atoms with van der Waals surface area (Å²) in [6, 6.07) is 11.4. The number of halogens is 5. The lowest BCUT2D eigenvalue weighted by atomic mass is 9.81. The Labute approximate surface area is 265 Å². The van der Waals surface area contributed by atoms with E-state index in [2.05, 4.69) is 20.6 Å². The molecule has 1 aliphatic heterocycles. The molecule has 9 nitrogen and oxygen atoms in total. The van der Waals surface area contributed by atoms with Gasteiger partial charge in [-0.25, -0.2) is 9.37 Å². The van der Waals surface area contributed by atoms with Gasteiger partial charge in [0, 0.05) is 34.8 Å². The van der Waals surface area contributed by atoms with Crippen molar-refractivity contribution in [3.8, 4) is 17.0 Å². The maximum atomic E-state index is 14.8. The number of nitrogens with zero attached hydrogens (tertiary/aromatic N) is 2. The van der Waals surface area contributed by atoms with Gasteiger partial charge in [-0.1, -0.05) is 17.7 Å². The zero-order valence-corrected chi connectivity index (χ0v) is 25.6. The molecule has 242 valence electrons. The van der Waals surface area contributed by atoms with Crippen LogP contribution in [-0.4, -0.2) is 63.5 Å². The van der Waals surface area contributed by atoms with E-state index in [9.17, 15) is 37.4 Å². The quantitative estimate of drug-likeness (QED) is 0.200. The third-order valence-corrected chi connectivity index (χ3v) is 7.98. The van der Waals surface area contributed by atoms with E-state index in [1.807, 2.05) is 0 Å². The number of aliphatic hydroxyl groups is 2. The van der Waals surface area contributed by atoms with Crippen LogP contribution in [0.5, 0.6) is 5.75 Å². The van der Waals surface area contributed by atoms with Crippen LogP contribution in [0.2, 0.25) is 5.02 Å². The van der Waals surface area contributed by atoms with Gasteiger partial charge in [-0.15, -0.1) is 0 Å². The summed E-state index contributed by atoms with van der Waals surface area (Å²) in [4.78, 5) is 34.7. The van der Waals surface area contributed by atoms with Crippen molar-refractivity contribution in [2.45, 2.75) is 43.6 Å². The van der Waals surface area contributed by atoms with Crippen LogP contribution in [0.15, 0.2) is 60.8 Å². The molecule has 5 rings (SSSR count). The van der Waals surface area contributed by atoms with Crippen LogP contribution >= 0.6 is 11.6 Å². The fourth-order valence-corrected chi connectivity index (χ4v) is 5.28. The average Bonchev–Trinajstić information content (AvgIpc) is 3.35. The van der Waals surface area contributed by atoms with Crippen molar-refractivity contribution >= 4 is 34.3 Å². The molecule has 2 aromatic carbocycles. The Morgan fingerprint density at radius 2 is 1.74 bits per heavy atom. The molecule has 4 aromatic rings. The number of hydrogen-bond donors (Lipinski definition) is 4. The third kappa shape index (κ3) is 6.22. The van der Waals surface area contributed by atoms with Crippen molar-refractivity contribution in [2.75, 3.05) is 19.7 Å². The van der Waals surface area contributed by atoms with Crippen molar-refractivity contribution < 1.29 is 42.1 Å². The lowest BCUT2D eigenvalue weighted by Gasteiger charge is -2.32. The van der Waals surface area contributed by atoms with Gasteiger partial charge in [0.1, 0.15) is 29.3 Å². The molecule has 46 heavy (non-hydrogen) atoms. The first-order valence-electron chi connectivity index (χ1n) is 14.0. The molecule has 2 atom stereocenters. The largest absolute Gasteiger partial charge is 0.489 e. The van der Waals surface area contributed by atoms with E-state index in [4.69, 9.17) is 16.3 Å². The highest BCUT2D eigenvalue weighted by Gasteiger charge is 2.58. The number of benzene rings is 2. The van der Waals surface area contributed by atoms with Gasteiger partial charge in [0.05, 0.1) is 28.4 Å². The van der Waals surface area contributed by atoms with Crippen LogP contribution in [-0.2, 0) is 15.8 Å². The van der Waals surface area contributed by atoms with Crippen LogP contribution < -0.4 is 15.4 Å². The molecule has 4 N–H and O–H groups in total. The van der Waals surface area contributed by atoms with Gasteiger partial charge in [-0.3, -0.25) is 14.6 Å². The van der Waals surface area contributed by atoms with E-state index < -0.39 is 52.7 Å². The second-order valence-electron chi connectivity index (χ2n) is 11.9. The molecule has 0 fully saturated rings. The van der Waals surface area contributed by atoms with Gasteiger partial charge in [0.15, 0.2) is 0 Å². The maximum absolute atomic E-state index is 14.8. The minimum Gasteiger partial charge on any atom is -0.489 e. The molecule has 0 saturated heterocycles. The van der Waals surface area contributed by atoms with Gasteiger partial charge in [0.25, 0.3) is 5.91 Å². The van der Waals surface area contributed by atoms with Gasteiger partial charge in [-0.2, -0.15) is 13.2 Å². The second kappa shape index (κ2) is 11.8. The molecular weight excluding hydrogens is 632 g/mol. The monoisotopic (exact) mass is 660 g/mol. The number of pyridine rings is 2. The molecular formula is C32H29ClF4N4O5. The SMILES string of the molecule is CC(C)(O)CNC(=O)[C@@]1(C)COc2c1cc(C(O)(CNC(=O)c1cc(Cl)c3ncccc3c1)C(F)(F)F)nc2-c1ccc(F)cc1. The molecule has 1 unspecified atom stereocenters. The number of aromatic nitrogens is 2. The number of rotatable bonds is 8. The number of carbonyl (C=O) groups is 2. The Hall–Kier alpha value is -4.33. The Balaban J connectivity index is 1.58. The standard InChI is InChI=1S/C32H29ClF4N4O5/c1-29(2,44)14-40-28(43)30(3)16-46-26-21(30)13-23(41-25(26)17-6-8-20(34)9-7-17)31(45,32(35,36)37)15-39-27(42)19-11-18-5-4-10-38-24(18)22(33)12-19/h4-13,44-45H,14-16H2,1-3H3,(H,39,42)(H,40,43)/t30-,31?/m0/s1. The molecule has 1 aliphatic rings. The zero-order chi connectivity index (χ0) is 33.7.